The summed E-state index contributed by atoms with van der Waals surface area (Å²) >= 11 is 0. The highest BCUT2D eigenvalue weighted by Gasteiger charge is 2.42. The number of hydrogen-bond acceptors (Lipinski definition) is 3. The van der Waals surface area contributed by atoms with Gasteiger partial charge in [0.25, 0.3) is 0 Å². The zero-order valence-corrected chi connectivity index (χ0v) is 18.8. The number of fused-ring (bicyclic) bond motifs is 2. The molecule has 1 aromatic heterocycles. The largest absolute Gasteiger partial charge is 0.461 e. The van der Waals surface area contributed by atoms with E-state index in [4.69, 9.17) is 4.74 Å². The fourth-order valence-corrected chi connectivity index (χ4v) is 5.27. The highest BCUT2D eigenvalue weighted by atomic mass is 16.5. The molecule has 1 N–H and O–H groups in total. The molecule has 0 fully saturated rings. The van der Waals surface area contributed by atoms with Crippen LogP contribution in [0.15, 0.2) is 60.0 Å². The van der Waals surface area contributed by atoms with E-state index in [-0.39, 0.29) is 17.1 Å². The van der Waals surface area contributed by atoms with Crippen LogP contribution < -0.4 is 9.64 Å². The van der Waals surface area contributed by atoms with E-state index in [1.807, 2.05) is 6.07 Å². The first-order valence-electron chi connectivity index (χ1n) is 11.3. The van der Waals surface area contributed by atoms with Crippen molar-refractivity contribution in [2.24, 2.45) is 5.41 Å². The Hall–Kier alpha value is -3.01. The summed E-state index contributed by atoms with van der Waals surface area (Å²) in [6.07, 6.45) is 3.41. The van der Waals surface area contributed by atoms with Crippen molar-refractivity contribution in [2.45, 2.75) is 46.5 Å². The summed E-state index contributed by atoms with van der Waals surface area (Å²) in [7, 11) is 0. The molecule has 31 heavy (non-hydrogen) atoms. The second kappa shape index (κ2) is 7.30. The minimum Gasteiger partial charge on any atom is -0.461 e. The molecule has 1 unspecified atom stereocenters. The number of para-hydroxylation sites is 1. The Morgan fingerprint density at radius 1 is 1.06 bits per heavy atom. The number of nitrogens with one attached hydrogen (secondary N) is 1. The Bertz CT molecular complexity index is 1200. The van der Waals surface area contributed by atoms with E-state index in [0.29, 0.717) is 6.42 Å². The predicted octanol–water partition coefficient (Wildman–Crippen LogP) is 6.18. The topological polar surface area (TPSA) is 45.3 Å². The number of ether oxygens (including phenoxy) is 1. The molecule has 0 saturated heterocycles. The molecular weight excluding hydrogens is 384 g/mol. The molecule has 3 aromatic rings. The van der Waals surface area contributed by atoms with Crippen LogP contribution in [0.5, 0.6) is 5.75 Å². The van der Waals surface area contributed by atoms with Gasteiger partial charge in [0, 0.05) is 71.8 Å². The molecule has 1 aliphatic carbocycles. The third-order valence-corrected chi connectivity index (χ3v) is 6.77. The molecule has 0 amide bonds. The molecule has 2 heterocycles. The number of aromatic amines is 1. The Balaban J connectivity index is 1.72. The lowest BCUT2D eigenvalue weighted by molar-refractivity contribution is -0.118. The van der Waals surface area contributed by atoms with Crippen LogP contribution in [0.3, 0.4) is 0 Å². The molecule has 0 saturated carbocycles. The van der Waals surface area contributed by atoms with E-state index >= 15 is 0 Å². The quantitative estimate of drug-likeness (QED) is 0.554. The van der Waals surface area contributed by atoms with Gasteiger partial charge in [-0.25, -0.2) is 0 Å². The average Bonchev–Trinajstić information content (AvgIpc) is 3.16. The van der Waals surface area contributed by atoms with Crippen LogP contribution >= 0.6 is 0 Å². The van der Waals surface area contributed by atoms with Gasteiger partial charge in [0.15, 0.2) is 5.78 Å². The summed E-state index contributed by atoms with van der Waals surface area (Å²) in [5, 5.41) is 1.16. The average molecular weight is 415 g/mol. The van der Waals surface area contributed by atoms with Crippen LogP contribution in [-0.4, -0.2) is 23.9 Å². The molecule has 2 aliphatic rings. The first-order chi connectivity index (χ1) is 14.9. The molecule has 4 nitrogen and oxygen atoms in total. The number of benzene rings is 2. The Labute approximate surface area is 183 Å². The Morgan fingerprint density at radius 3 is 2.61 bits per heavy atom. The van der Waals surface area contributed by atoms with E-state index in [0.717, 1.165) is 64.3 Å². The third kappa shape index (κ3) is 3.25. The number of nitrogens with zero attached hydrogens (tertiary/aromatic N) is 1. The van der Waals surface area contributed by atoms with Crippen molar-refractivity contribution in [3.05, 3.63) is 71.1 Å². The standard InChI is InChI=1S/C27H30N2O2/c1-5-29(6-2)17-11-12-19-23(13-17)31-24-15-27(3,4)14-22(30)26(24)25(19)20-16-28-21-10-8-7-9-18(20)21/h7-13,16,25,28H,5-6,14-15H2,1-4H3. The first kappa shape index (κ1) is 19.9. The van der Waals surface area contributed by atoms with Gasteiger partial charge in [0.2, 0.25) is 0 Å². The van der Waals surface area contributed by atoms with Crippen LogP contribution in [0.1, 0.15) is 57.6 Å². The highest BCUT2D eigenvalue weighted by molar-refractivity contribution is 6.01. The number of carbonyl (C=O) groups excluding carboxylic acids is 1. The smallest absolute Gasteiger partial charge is 0.163 e. The molecule has 1 atom stereocenters. The minimum absolute atomic E-state index is 0.0886. The maximum atomic E-state index is 13.4. The molecular formula is C27H30N2O2. The lowest BCUT2D eigenvalue weighted by atomic mass is 9.70. The van der Waals surface area contributed by atoms with Crippen molar-refractivity contribution in [1.82, 2.24) is 4.98 Å². The first-order valence-corrected chi connectivity index (χ1v) is 11.3. The molecule has 0 spiro atoms. The number of hydrogen-bond donors (Lipinski definition) is 1. The summed E-state index contributed by atoms with van der Waals surface area (Å²) in [5.41, 5.74) is 5.23. The van der Waals surface area contributed by atoms with Crippen molar-refractivity contribution in [1.29, 1.82) is 0 Å². The SMILES string of the molecule is CCN(CC)c1ccc2c(c1)OC1=C(C(=O)CC(C)(C)C1)C2c1c[nH]c2ccccc12. The molecule has 0 radical (unpaired) electrons. The monoisotopic (exact) mass is 414 g/mol. The van der Waals surface area contributed by atoms with Crippen LogP contribution in [0.4, 0.5) is 5.69 Å². The number of rotatable bonds is 4. The summed E-state index contributed by atoms with van der Waals surface area (Å²) in [5.74, 6) is 1.83. The highest BCUT2D eigenvalue weighted by Crippen LogP contribution is 2.51. The number of carbonyl (C=O) groups is 1. The van der Waals surface area contributed by atoms with E-state index < -0.39 is 0 Å². The molecule has 2 aromatic carbocycles. The maximum absolute atomic E-state index is 13.4. The summed E-state index contributed by atoms with van der Waals surface area (Å²) in [6, 6.07) is 14.8. The van der Waals surface area contributed by atoms with Crippen LogP contribution in [0.2, 0.25) is 0 Å². The zero-order valence-electron chi connectivity index (χ0n) is 18.8. The minimum atomic E-state index is -0.107. The Morgan fingerprint density at radius 2 is 1.84 bits per heavy atom. The zero-order chi connectivity index (χ0) is 21.8. The van der Waals surface area contributed by atoms with Gasteiger partial charge in [-0.2, -0.15) is 0 Å². The number of aromatic nitrogens is 1. The predicted molar refractivity (Wildman–Crippen MR) is 126 cm³/mol. The van der Waals surface area contributed by atoms with Crippen LogP contribution in [0.25, 0.3) is 10.9 Å². The molecule has 160 valence electrons. The van der Waals surface area contributed by atoms with Crippen LogP contribution in [0, 0.1) is 5.41 Å². The van der Waals surface area contributed by atoms with Crippen molar-refractivity contribution < 1.29 is 9.53 Å². The molecule has 5 rings (SSSR count). The number of H-pyrrole nitrogens is 1. The number of allylic oxidation sites excluding steroid dienone is 2. The van der Waals surface area contributed by atoms with Gasteiger partial charge in [0.1, 0.15) is 11.5 Å². The summed E-state index contributed by atoms with van der Waals surface area (Å²) in [4.78, 5) is 19.1. The van der Waals surface area contributed by atoms with E-state index in [9.17, 15) is 4.79 Å². The molecule has 4 heteroatoms. The Kier molecular flexibility index (Phi) is 4.69. The van der Waals surface area contributed by atoms with Gasteiger partial charge in [-0.05, 0) is 37.0 Å². The van der Waals surface area contributed by atoms with Gasteiger partial charge in [-0.15, -0.1) is 0 Å². The second-order valence-electron chi connectivity index (χ2n) is 9.50. The fraction of sp³-hybridized carbons (Fsp3) is 0.370. The van der Waals surface area contributed by atoms with Gasteiger partial charge in [-0.1, -0.05) is 38.1 Å². The van der Waals surface area contributed by atoms with Gasteiger partial charge in [-0.3, -0.25) is 4.79 Å². The molecule has 0 bridgehead atoms. The fourth-order valence-electron chi connectivity index (χ4n) is 5.27. The number of Topliss-reactive ketones (excluding diaryl/α,β-unsaturated/α-hetero) is 1. The van der Waals surface area contributed by atoms with Gasteiger partial charge >= 0.3 is 0 Å². The summed E-state index contributed by atoms with van der Waals surface area (Å²) < 4.78 is 6.48. The third-order valence-electron chi connectivity index (χ3n) is 6.77. The van der Waals surface area contributed by atoms with E-state index in [2.05, 4.69) is 80.2 Å². The van der Waals surface area contributed by atoms with E-state index in [1.54, 1.807) is 0 Å². The van der Waals surface area contributed by atoms with Crippen molar-refractivity contribution in [2.75, 3.05) is 18.0 Å². The number of anilines is 1. The summed E-state index contributed by atoms with van der Waals surface area (Å²) in [6.45, 7) is 10.5. The lowest BCUT2D eigenvalue weighted by Crippen LogP contribution is -2.33. The van der Waals surface area contributed by atoms with E-state index in [1.165, 1.54) is 0 Å². The lowest BCUT2D eigenvalue weighted by Gasteiger charge is -2.38. The van der Waals surface area contributed by atoms with Crippen molar-refractivity contribution >= 4 is 22.4 Å². The second-order valence-corrected chi connectivity index (χ2v) is 9.50. The van der Waals surface area contributed by atoms with Crippen molar-refractivity contribution in [3.63, 3.8) is 0 Å². The number of ketones is 1. The van der Waals surface area contributed by atoms with Crippen molar-refractivity contribution in [3.8, 4) is 5.75 Å². The normalized spacial score (nSPS) is 19.7. The molecule has 1 aliphatic heterocycles. The van der Waals surface area contributed by atoms with Gasteiger partial charge < -0.3 is 14.6 Å². The van der Waals surface area contributed by atoms with Crippen LogP contribution in [-0.2, 0) is 4.79 Å². The maximum Gasteiger partial charge on any atom is 0.163 e. The van der Waals surface area contributed by atoms with Gasteiger partial charge in [0.05, 0.1) is 0 Å².